The molecule has 2 rings (SSSR count). The maximum Gasteiger partial charge on any atom is 0.316 e. The molecule has 0 saturated heterocycles. The van der Waals surface area contributed by atoms with Gasteiger partial charge >= 0.3 is 5.97 Å². The molecular weight excluding hydrogens is 240 g/mol. The third-order valence-corrected chi connectivity index (χ3v) is 3.44. The van der Waals surface area contributed by atoms with Crippen LogP contribution >= 0.6 is 0 Å². The SMILES string of the molecule is CCCCC(C(=O)OC)c1cc2cccc(C)c2o1. The van der Waals surface area contributed by atoms with Crippen LogP contribution in [-0.2, 0) is 9.53 Å². The number of fused-ring (bicyclic) bond motifs is 1. The van der Waals surface area contributed by atoms with E-state index in [-0.39, 0.29) is 11.9 Å². The molecule has 1 unspecified atom stereocenters. The smallest absolute Gasteiger partial charge is 0.316 e. The maximum atomic E-state index is 11.9. The average molecular weight is 260 g/mol. The van der Waals surface area contributed by atoms with Crippen LogP contribution in [0, 0.1) is 6.92 Å². The highest BCUT2D eigenvalue weighted by Crippen LogP contribution is 2.30. The van der Waals surface area contributed by atoms with Crippen LogP contribution in [0.4, 0.5) is 0 Å². The second kappa shape index (κ2) is 5.91. The summed E-state index contributed by atoms with van der Waals surface area (Å²) in [5.74, 6) is 0.200. The van der Waals surface area contributed by atoms with E-state index in [0.717, 1.165) is 35.8 Å². The van der Waals surface area contributed by atoms with Crippen LogP contribution in [0.2, 0.25) is 0 Å². The van der Waals surface area contributed by atoms with Crippen molar-refractivity contribution < 1.29 is 13.9 Å². The highest BCUT2D eigenvalue weighted by Gasteiger charge is 2.24. The van der Waals surface area contributed by atoms with Crippen molar-refractivity contribution in [2.75, 3.05) is 7.11 Å². The molecule has 3 nitrogen and oxygen atoms in total. The zero-order valence-electron chi connectivity index (χ0n) is 11.7. The summed E-state index contributed by atoms with van der Waals surface area (Å²) in [6.45, 7) is 4.12. The molecule has 0 aliphatic heterocycles. The lowest BCUT2D eigenvalue weighted by Gasteiger charge is -2.11. The molecule has 102 valence electrons. The molecule has 0 radical (unpaired) electrons. The van der Waals surface area contributed by atoms with E-state index in [0.29, 0.717) is 5.76 Å². The largest absolute Gasteiger partial charge is 0.468 e. The van der Waals surface area contributed by atoms with Gasteiger partial charge in [-0.3, -0.25) is 4.79 Å². The lowest BCUT2D eigenvalue weighted by Crippen LogP contribution is -2.13. The Labute approximate surface area is 113 Å². The van der Waals surface area contributed by atoms with Crippen molar-refractivity contribution in [3.63, 3.8) is 0 Å². The third-order valence-electron chi connectivity index (χ3n) is 3.44. The minimum atomic E-state index is -0.295. The monoisotopic (exact) mass is 260 g/mol. The zero-order chi connectivity index (χ0) is 13.8. The van der Waals surface area contributed by atoms with Crippen LogP contribution in [0.25, 0.3) is 11.0 Å². The first-order chi connectivity index (χ1) is 9.17. The normalized spacial score (nSPS) is 12.6. The molecule has 0 bridgehead atoms. The van der Waals surface area contributed by atoms with Crippen LogP contribution in [0.5, 0.6) is 0 Å². The highest BCUT2D eigenvalue weighted by molar-refractivity contribution is 5.84. The third kappa shape index (κ3) is 2.80. The van der Waals surface area contributed by atoms with Crippen molar-refractivity contribution >= 4 is 16.9 Å². The van der Waals surface area contributed by atoms with Crippen molar-refractivity contribution in [2.24, 2.45) is 0 Å². The Hall–Kier alpha value is -1.77. The molecule has 0 aliphatic carbocycles. The van der Waals surface area contributed by atoms with Gasteiger partial charge in [0, 0.05) is 5.39 Å². The minimum absolute atomic E-state index is 0.217. The van der Waals surface area contributed by atoms with Gasteiger partial charge in [0.1, 0.15) is 17.3 Å². The molecular formula is C16H20O3. The van der Waals surface area contributed by atoms with E-state index in [1.54, 1.807) is 0 Å². The molecule has 0 saturated carbocycles. The molecule has 3 heteroatoms. The van der Waals surface area contributed by atoms with Crippen LogP contribution in [0.3, 0.4) is 0 Å². The Balaban J connectivity index is 2.38. The average Bonchev–Trinajstić information content (AvgIpc) is 2.84. The topological polar surface area (TPSA) is 39.4 Å². The number of carbonyl (C=O) groups excluding carboxylic acids is 1. The summed E-state index contributed by atoms with van der Waals surface area (Å²) in [7, 11) is 1.43. The van der Waals surface area contributed by atoms with E-state index in [2.05, 4.69) is 6.92 Å². The lowest BCUT2D eigenvalue weighted by molar-refractivity contribution is -0.143. The van der Waals surface area contributed by atoms with Crippen molar-refractivity contribution in [3.05, 3.63) is 35.6 Å². The molecule has 1 atom stereocenters. The fourth-order valence-electron chi connectivity index (χ4n) is 2.33. The van der Waals surface area contributed by atoms with Gasteiger partial charge < -0.3 is 9.15 Å². The summed E-state index contributed by atoms with van der Waals surface area (Å²) in [6, 6.07) is 7.97. The van der Waals surface area contributed by atoms with Crippen molar-refractivity contribution in [1.29, 1.82) is 0 Å². The zero-order valence-corrected chi connectivity index (χ0v) is 11.7. The van der Waals surface area contributed by atoms with Gasteiger partial charge in [0.25, 0.3) is 0 Å². The van der Waals surface area contributed by atoms with Gasteiger partial charge in [-0.05, 0) is 25.0 Å². The van der Waals surface area contributed by atoms with Gasteiger partial charge in [-0.15, -0.1) is 0 Å². The molecule has 1 aromatic carbocycles. The van der Waals surface area contributed by atoms with Gasteiger partial charge in [-0.25, -0.2) is 0 Å². The molecule has 1 heterocycles. The van der Waals surface area contributed by atoms with Gasteiger partial charge in [0.2, 0.25) is 0 Å². The van der Waals surface area contributed by atoms with E-state index < -0.39 is 0 Å². The summed E-state index contributed by atoms with van der Waals surface area (Å²) in [6.07, 6.45) is 2.80. The summed E-state index contributed by atoms with van der Waals surface area (Å²) in [4.78, 5) is 11.9. The number of furan rings is 1. The first kappa shape index (κ1) is 13.7. The predicted octanol–water partition coefficient (Wildman–Crippen LogP) is 4.19. The van der Waals surface area contributed by atoms with Gasteiger partial charge in [-0.1, -0.05) is 38.0 Å². The molecule has 0 spiro atoms. The van der Waals surface area contributed by atoms with Crippen LogP contribution < -0.4 is 0 Å². The number of unbranched alkanes of at least 4 members (excludes halogenated alkanes) is 1. The number of hydrogen-bond acceptors (Lipinski definition) is 3. The number of esters is 1. The summed E-state index contributed by atoms with van der Waals surface area (Å²) in [5.41, 5.74) is 1.95. The van der Waals surface area contributed by atoms with Crippen molar-refractivity contribution in [3.8, 4) is 0 Å². The van der Waals surface area contributed by atoms with Crippen LogP contribution in [-0.4, -0.2) is 13.1 Å². The molecule has 0 aliphatic rings. The molecule has 0 fully saturated rings. The standard InChI is InChI=1S/C16H20O3/c1-4-5-9-13(16(17)18-3)14-10-12-8-6-7-11(2)15(12)19-14/h6-8,10,13H,4-5,9H2,1-3H3. The second-order valence-electron chi connectivity index (χ2n) is 4.86. The number of benzene rings is 1. The van der Waals surface area contributed by atoms with E-state index >= 15 is 0 Å². The summed E-state index contributed by atoms with van der Waals surface area (Å²) < 4.78 is 10.8. The van der Waals surface area contributed by atoms with Crippen molar-refractivity contribution in [2.45, 2.75) is 39.0 Å². The number of aryl methyl sites for hydroxylation is 1. The van der Waals surface area contributed by atoms with Crippen LogP contribution in [0.1, 0.15) is 43.4 Å². The van der Waals surface area contributed by atoms with Crippen molar-refractivity contribution in [1.82, 2.24) is 0 Å². The lowest BCUT2D eigenvalue weighted by atomic mass is 9.99. The predicted molar refractivity (Wildman–Crippen MR) is 75.2 cm³/mol. The fourth-order valence-corrected chi connectivity index (χ4v) is 2.33. The number of methoxy groups -OCH3 is 1. The Morgan fingerprint density at radius 2 is 2.21 bits per heavy atom. The minimum Gasteiger partial charge on any atom is -0.468 e. The number of hydrogen-bond donors (Lipinski definition) is 0. The fraction of sp³-hybridized carbons (Fsp3) is 0.438. The van der Waals surface area contributed by atoms with Gasteiger partial charge in [-0.2, -0.15) is 0 Å². The summed E-state index contributed by atoms with van der Waals surface area (Å²) >= 11 is 0. The van der Waals surface area contributed by atoms with Crippen LogP contribution in [0.15, 0.2) is 28.7 Å². The van der Waals surface area contributed by atoms with Gasteiger partial charge in [0.15, 0.2) is 0 Å². The Morgan fingerprint density at radius 1 is 1.42 bits per heavy atom. The van der Waals surface area contributed by atoms with E-state index in [9.17, 15) is 4.79 Å². The molecule has 2 aromatic rings. The summed E-state index contributed by atoms with van der Waals surface area (Å²) in [5, 5.41) is 1.04. The molecule has 0 N–H and O–H groups in total. The number of rotatable bonds is 5. The quantitative estimate of drug-likeness (QED) is 0.757. The second-order valence-corrected chi connectivity index (χ2v) is 4.86. The van der Waals surface area contributed by atoms with E-state index in [1.165, 1.54) is 7.11 Å². The van der Waals surface area contributed by atoms with Gasteiger partial charge in [0.05, 0.1) is 7.11 Å². The highest BCUT2D eigenvalue weighted by atomic mass is 16.5. The number of para-hydroxylation sites is 1. The molecule has 0 amide bonds. The maximum absolute atomic E-state index is 11.9. The number of carbonyl (C=O) groups is 1. The van der Waals surface area contributed by atoms with E-state index in [1.807, 2.05) is 31.2 Å². The molecule has 1 aromatic heterocycles. The number of ether oxygens (including phenoxy) is 1. The van der Waals surface area contributed by atoms with E-state index in [4.69, 9.17) is 9.15 Å². The Kier molecular flexibility index (Phi) is 4.25. The Morgan fingerprint density at radius 3 is 2.84 bits per heavy atom. The first-order valence-corrected chi connectivity index (χ1v) is 6.74. The molecule has 19 heavy (non-hydrogen) atoms. The first-order valence-electron chi connectivity index (χ1n) is 6.74. The Bertz CT molecular complexity index is 568.